The zero-order valence-electron chi connectivity index (χ0n) is 11.8. The van der Waals surface area contributed by atoms with Crippen molar-refractivity contribution in [2.75, 3.05) is 6.54 Å². The summed E-state index contributed by atoms with van der Waals surface area (Å²) in [4.78, 5) is -0.408. The average molecular weight is 321 g/mol. The Morgan fingerprint density at radius 2 is 1.59 bits per heavy atom. The number of nitrogens with one attached hydrogen (secondary N) is 1. The topological polar surface area (TPSA) is 66.4 Å². The van der Waals surface area contributed by atoms with E-state index in [1.165, 1.54) is 18.2 Å². The predicted octanol–water partition coefficient (Wildman–Crippen LogP) is 1.63. The molecule has 0 unspecified atom stereocenters. The minimum atomic E-state index is -3.99. The molecule has 2 N–H and O–H groups in total. The van der Waals surface area contributed by atoms with Crippen molar-refractivity contribution in [3.63, 3.8) is 0 Å². The molecule has 4 nitrogen and oxygen atoms in total. The number of halogens is 1. The molecule has 6 heteroatoms. The summed E-state index contributed by atoms with van der Waals surface area (Å²) in [7, 11) is -3.99. The van der Waals surface area contributed by atoms with Crippen LogP contribution in [0.2, 0.25) is 0 Å². The van der Waals surface area contributed by atoms with E-state index in [2.05, 4.69) is 4.72 Å². The second kappa shape index (κ2) is 5.46. The lowest BCUT2D eigenvalue weighted by Gasteiger charge is -2.22. The summed E-state index contributed by atoms with van der Waals surface area (Å²) in [5, 5.41) is 10.6. The van der Waals surface area contributed by atoms with Crippen LogP contribution in [0.3, 0.4) is 0 Å². The van der Waals surface area contributed by atoms with E-state index in [1.54, 1.807) is 0 Å². The van der Waals surface area contributed by atoms with Crippen molar-refractivity contribution in [2.24, 2.45) is 0 Å². The van der Waals surface area contributed by atoms with Gasteiger partial charge in [-0.1, -0.05) is 36.4 Å². The first kappa shape index (κ1) is 15.1. The minimum absolute atomic E-state index is 0.154. The van der Waals surface area contributed by atoms with Gasteiger partial charge in [-0.15, -0.1) is 0 Å². The van der Waals surface area contributed by atoms with Crippen LogP contribution in [0.4, 0.5) is 4.39 Å². The molecule has 1 aliphatic rings. The average Bonchev–Trinajstić information content (AvgIpc) is 2.82. The van der Waals surface area contributed by atoms with Gasteiger partial charge < -0.3 is 5.11 Å². The van der Waals surface area contributed by atoms with Crippen LogP contribution in [0, 0.1) is 5.82 Å². The van der Waals surface area contributed by atoms with Crippen LogP contribution in [0.25, 0.3) is 0 Å². The highest BCUT2D eigenvalue weighted by Crippen LogP contribution is 2.29. The Hall–Kier alpha value is -1.76. The van der Waals surface area contributed by atoms with Crippen molar-refractivity contribution in [1.82, 2.24) is 4.72 Å². The number of hydrogen-bond donors (Lipinski definition) is 2. The van der Waals surface area contributed by atoms with E-state index in [-0.39, 0.29) is 6.54 Å². The van der Waals surface area contributed by atoms with Gasteiger partial charge in [0, 0.05) is 19.4 Å². The summed E-state index contributed by atoms with van der Waals surface area (Å²) < 4.78 is 40.3. The zero-order chi connectivity index (χ0) is 15.8. The molecule has 0 radical (unpaired) electrons. The lowest BCUT2D eigenvalue weighted by atomic mass is 10.0. The first-order valence-electron chi connectivity index (χ1n) is 6.93. The Balaban J connectivity index is 1.75. The first-order chi connectivity index (χ1) is 10.4. The molecule has 116 valence electrons. The Bertz CT molecular complexity index is 780. The third-order valence-corrected chi connectivity index (χ3v) is 5.31. The number of sulfonamides is 1. The van der Waals surface area contributed by atoms with Crippen LogP contribution in [-0.4, -0.2) is 25.7 Å². The summed E-state index contributed by atoms with van der Waals surface area (Å²) in [5.74, 6) is -0.809. The normalized spacial score (nSPS) is 16.5. The Morgan fingerprint density at radius 1 is 1.05 bits per heavy atom. The van der Waals surface area contributed by atoms with E-state index < -0.39 is 26.3 Å². The van der Waals surface area contributed by atoms with Crippen LogP contribution in [0.15, 0.2) is 53.4 Å². The lowest BCUT2D eigenvalue weighted by Crippen LogP contribution is -2.43. The van der Waals surface area contributed by atoms with Crippen molar-refractivity contribution in [2.45, 2.75) is 23.3 Å². The molecule has 0 saturated heterocycles. The van der Waals surface area contributed by atoms with Gasteiger partial charge in [-0.25, -0.2) is 17.5 Å². The van der Waals surface area contributed by atoms with Gasteiger partial charge in [-0.2, -0.15) is 0 Å². The van der Waals surface area contributed by atoms with Gasteiger partial charge in [0.15, 0.2) is 0 Å². The third-order valence-electron chi connectivity index (χ3n) is 3.87. The number of rotatable bonds is 4. The summed E-state index contributed by atoms with van der Waals surface area (Å²) >= 11 is 0. The third kappa shape index (κ3) is 2.90. The molecule has 0 heterocycles. The quantitative estimate of drug-likeness (QED) is 0.899. The molecule has 3 rings (SSSR count). The SMILES string of the molecule is O=S(=O)(NCC1(O)Cc2ccccc2C1)c1ccccc1F. The zero-order valence-corrected chi connectivity index (χ0v) is 12.6. The molecule has 0 aliphatic heterocycles. The maximum Gasteiger partial charge on any atom is 0.243 e. The summed E-state index contributed by atoms with van der Waals surface area (Å²) in [5.41, 5.74) is 0.840. The van der Waals surface area contributed by atoms with Crippen LogP contribution >= 0.6 is 0 Å². The van der Waals surface area contributed by atoms with Crippen molar-refractivity contribution in [3.8, 4) is 0 Å². The molecule has 0 amide bonds. The monoisotopic (exact) mass is 321 g/mol. The molecule has 22 heavy (non-hydrogen) atoms. The molecule has 2 aromatic rings. The van der Waals surface area contributed by atoms with Gasteiger partial charge in [-0.3, -0.25) is 0 Å². The molecule has 0 bridgehead atoms. The molecule has 0 aromatic heterocycles. The number of benzene rings is 2. The van der Waals surface area contributed by atoms with E-state index in [0.717, 1.165) is 17.2 Å². The maximum absolute atomic E-state index is 13.6. The second-order valence-corrected chi connectivity index (χ2v) is 7.34. The van der Waals surface area contributed by atoms with Crippen LogP contribution in [0.1, 0.15) is 11.1 Å². The molecule has 2 aromatic carbocycles. The maximum atomic E-state index is 13.6. The standard InChI is InChI=1S/C16H16FNO3S/c17-14-7-3-4-8-15(14)22(20,21)18-11-16(19)9-12-5-1-2-6-13(12)10-16/h1-8,18-19H,9-11H2. The van der Waals surface area contributed by atoms with Gasteiger partial charge in [-0.05, 0) is 23.3 Å². The molecule has 0 atom stereocenters. The Kier molecular flexibility index (Phi) is 3.76. The van der Waals surface area contributed by atoms with Gasteiger partial charge in [0.2, 0.25) is 10.0 Å². The Morgan fingerprint density at radius 3 is 2.18 bits per heavy atom. The summed E-state index contributed by atoms with van der Waals surface area (Å²) in [6, 6.07) is 12.8. The van der Waals surface area contributed by atoms with Crippen molar-refractivity contribution >= 4 is 10.0 Å². The largest absolute Gasteiger partial charge is 0.388 e. The highest BCUT2D eigenvalue weighted by Gasteiger charge is 2.36. The van der Waals surface area contributed by atoms with Crippen molar-refractivity contribution < 1.29 is 17.9 Å². The highest BCUT2D eigenvalue weighted by molar-refractivity contribution is 7.89. The van der Waals surface area contributed by atoms with Gasteiger partial charge in [0.25, 0.3) is 0 Å². The van der Waals surface area contributed by atoms with Gasteiger partial charge in [0.1, 0.15) is 10.7 Å². The fourth-order valence-electron chi connectivity index (χ4n) is 2.77. The van der Waals surface area contributed by atoms with Gasteiger partial charge >= 0.3 is 0 Å². The van der Waals surface area contributed by atoms with E-state index in [9.17, 15) is 17.9 Å². The molecule has 0 saturated carbocycles. The van der Waals surface area contributed by atoms with E-state index in [0.29, 0.717) is 12.8 Å². The summed E-state index contributed by atoms with van der Waals surface area (Å²) in [6.07, 6.45) is 0.756. The molecule has 0 spiro atoms. The second-order valence-electron chi connectivity index (χ2n) is 5.60. The molecule has 0 fully saturated rings. The predicted molar refractivity (Wildman–Crippen MR) is 80.4 cm³/mol. The first-order valence-corrected chi connectivity index (χ1v) is 8.41. The van der Waals surface area contributed by atoms with Crippen LogP contribution in [0.5, 0.6) is 0 Å². The number of fused-ring (bicyclic) bond motifs is 1. The highest BCUT2D eigenvalue weighted by atomic mass is 32.2. The molecular weight excluding hydrogens is 305 g/mol. The smallest absolute Gasteiger partial charge is 0.243 e. The molecule has 1 aliphatic carbocycles. The summed E-state index contributed by atoms with van der Waals surface area (Å²) in [6.45, 7) is -0.154. The van der Waals surface area contributed by atoms with Crippen LogP contribution in [-0.2, 0) is 22.9 Å². The number of aliphatic hydroxyl groups is 1. The fraction of sp³-hybridized carbons (Fsp3) is 0.250. The van der Waals surface area contributed by atoms with Crippen molar-refractivity contribution in [3.05, 3.63) is 65.5 Å². The van der Waals surface area contributed by atoms with Crippen molar-refractivity contribution in [1.29, 1.82) is 0 Å². The van der Waals surface area contributed by atoms with E-state index in [1.807, 2.05) is 24.3 Å². The van der Waals surface area contributed by atoms with Gasteiger partial charge in [0.05, 0.1) is 5.60 Å². The van der Waals surface area contributed by atoms with E-state index >= 15 is 0 Å². The fourth-order valence-corrected chi connectivity index (χ4v) is 3.97. The van der Waals surface area contributed by atoms with E-state index in [4.69, 9.17) is 0 Å². The Labute approximate surface area is 128 Å². The molecular formula is C16H16FNO3S. The minimum Gasteiger partial charge on any atom is -0.388 e. The van der Waals surface area contributed by atoms with Crippen LogP contribution < -0.4 is 4.72 Å². The lowest BCUT2D eigenvalue weighted by molar-refractivity contribution is 0.0567. The number of hydrogen-bond acceptors (Lipinski definition) is 3.